The molecule has 1 saturated carbocycles. The molecule has 0 aromatic heterocycles. The Morgan fingerprint density at radius 3 is 2.63 bits per heavy atom. The van der Waals surface area contributed by atoms with Crippen molar-refractivity contribution in [3.63, 3.8) is 0 Å². The number of carbonyl (C=O) groups is 3. The molecular weight excluding hydrogens is 502 g/mol. The van der Waals surface area contributed by atoms with Crippen LogP contribution in [0.25, 0.3) is 0 Å². The molecule has 2 N–H and O–H groups in total. The van der Waals surface area contributed by atoms with Crippen LogP contribution in [0.5, 0.6) is 5.75 Å². The number of thioether (sulfide) groups is 1. The zero-order valence-corrected chi connectivity index (χ0v) is 22.1. The number of methoxy groups -OCH3 is 1. The fourth-order valence-electron chi connectivity index (χ4n) is 4.97. The van der Waals surface area contributed by atoms with Crippen LogP contribution in [-0.2, 0) is 20.9 Å². The van der Waals surface area contributed by atoms with Gasteiger partial charge in [0.1, 0.15) is 17.6 Å². The summed E-state index contributed by atoms with van der Waals surface area (Å²) in [5.41, 5.74) is 2.26. The van der Waals surface area contributed by atoms with Crippen molar-refractivity contribution in [3.8, 4) is 5.75 Å². The normalized spacial score (nSPS) is 18.7. The highest BCUT2D eigenvalue weighted by Gasteiger charge is 2.42. The molecule has 0 bridgehead atoms. The zero-order valence-electron chi connectivity index (χ0n) is 21.3. The predicted octanol–water partition coefficient (Wildman–Crippen LogP) is 3.54. The van der Waals surface area contributed by atoms with E-state index in [0.717, 1.165) is 36.8 Å². The highest BCUT2D eigenvalue weighted by atomic mass is 32.2. The van der Waals surface area contributed by atoms with Gasteiger partial charge in [0, 0.05) is 23.7 Å². The monoisotopic (exact) mass is 533 g/mol. The van der Waals surface area contributed by atoms with E-state index in [-0.39, 0.29) is 42.5 Å². The van der Waals surface area contributed by atoms with Crippen LogP contribution < -0.4 is 15.4 Å². The first kappa shape index (κ1) is 26.0. The second kappa shape index (κ2) is 11.8. The van der Waals surface area contributed by atoms with Gasteiger partial charge >= 0.3 is 0 Å². The van der Waals surface area contributed by atoms with Crippen molar-refractivity contribution in [1.29, 1.82) is 0 Å². The van der Waals surface area contributed by atoms with E-state index in [9.17, 15) is 14.4 Å². The van der Waals surface area contributed by atoms with Crippen LogP contribution in [0.3, 0.4) is 0 Å². The summed E-state index contributed by atoms with van der Waals surface area (Å²) in [6, 6.07) is 14.3. The lowest BCUT2D eigenvalue weighted by atomic mass is 9.95. The highest BCUT2D eigenvalue weighted by molar-refractivity contribution is 8.14. The summed E-state index contributed by atoms with van der Waals surface area (Å²) in [6.45, 7) is 0.283. The minimum absolute atomic E-state index is 0.0686. The SMILES string of the molecule is COc1ccccc1CNC(=O)C[C@H]1N=C2c3ccccc3N=C(SCC(=O)NC3CCCCC3)N2C1=O. The number of nitrogens with zero attached hydrogens (tertiary/aromatic N) is 3. The first-order valence-electron chi connectivity index (χ1n) is 12.9. The molecule has 2 aromatic rings. The standard InChI is InChI=1S/C28H31N5O4S/c1-37-23-14-8-5-9-18(23)16-29-24(34)15-22-27(36)33-26(31-22)20-12-6-7-13-21(20)32-28(33)38-17-25(35)30-19-10-3-2-4-11-19/h5-9,12-14,19,22H,2-4,10-11,15-17H2,1H3,(H,29,34)(H,30,35)/t22-/m1/s1. The molecule has 3 amide bonds. The van der Waals surface area contributed by atoms with Crippen molar-refractivity contribution < 1.29 is 19.1 Å². The molecule has 2 aliphatic heterocycles. The van der Waals surface area contributed by atoms with E-state index in [2.05, 4.69) is 20.6 Å². The average Bonchev–Trinajstić information content (AvgIpc) is 3.27. The number of nitrogens with one attached hydrogen (secondary N) is 2. The number of para-hydroxylation sites is 2. The van der Waals surface area contributed by atoms with Crippen LogP contribution in [0.2, 0.25) is 0 Å². The van der Waals surface area contributed by atoms with Crippen molar-refractivity contribution in [1.82, 2.24) is 15.5 Å². The smallest absolute Gasteiger partial charge is 0.259 e. The van der Waals surface area contributed by atoms with Gasteiger partial charge in [-0.3, -0.25) is 19.4 Å². The lowest BCUT2D eigenvalue weighted by Gasteiger charge is -2.26. The molecule has 10 heteroatoms. The highest BCUT2D eigenvalue weighted by Crippen LogP contribution is 2.34. The van der Waals surface area contributed by atoms with Gasteiger partial charge in [0.25, 0.3) is 5.91 Å². The average molecular weight is 534 g/mol. The lowest BCUT2D eigenvalue weighted by Crippen LogP contribution is -2.43. The Morgan fingerprint density at radius 1 is 1.05 bits per heavy atom. The Labute approximate surface area is 226 Å². The number of amidine groups is 2. The predicted molar refractivity (Wildman–Crippen MR) is 148 cm³/mol. The molecule has 1 atom stereocenters. The molecule has 0 radical (unpaired) electrons. The molecule has 2 aromatic carbocycles. The summed E-state index contributed by atoms with van der Waals surface area (Å²) in [5, 5.41) is 6.38. The first-order valence-corrected chi connectivity index (χ1v) is 13.9. The molecule has 1 fully saturated rings. The van der Waals surface area contributed by atoms with Gasteiger partial charge in [0.15, 0.2) is 5.17 Å². The maximum atomic E-state index is 13.4. The molecule has 3 aliphatic rings. The lowest BCUT2D eigenvalue weighted by molar-refractivity contribution is -0.128. The van der Waals surface area contributed by atoms with Crippen molar-refractivity contribution in [3.05, 3.63) is 59.7 Å². The number of fused-ring (bicyclic) bond motifs is 3. The largest absolute Gasteiger partial charge is 0.496 e. The molecular formula is C28H31N5O4S. The van der Waals surface area contributed by atoms with Gasteiger partial charge in [-0.05, 0) is 31.0 Å². The Balaban J connectivity index is 1.26. The molecule has 1 aliphatic carbocycles. The molecule has 2 heterocycles. The minimum atomic E-state index is -0.865. The third-order valence-electron chi connectivity index (χ3n) is 6.90. The third kappa shape index (κ3) is 5.75. The quantitative estimate of drug-likeness (QED) is 0.539. The minimum Gasteiger partial charge on any atom is -0.496 e. The number of hydrogen-bond acceptors (Lipinski definition) is 7. The molecule has 9 nitrogen and oxygen atoms in total. The molecule has 5 rings (SSSR count). The van der Waals surface area contributed by atoms with Crippen molar-refractivity contribution in [2.75, 3.05) is 12.9 Å². The van der Waals surface area contributed by atoms with E-state index in [1.54, 1.807) is 7.11 Å². The first-order chi connectivity index (χ1) is 18.5. The number of aliphatic imine (C=N–C) groups is 2. The van der Waals surface area contributed by atoms with Crippen LogP contribution in [0.4, 0.5) is 5.69 Å². The van der Waals surface area contributed by atoms with E-state index in [0.29, 0.717) is 22.4 Å². The molecule has 198 valence electrons. The van der Waals surface area contributed by atoms with Gasteiger partial charge in [-0.15, -0.1) is 0 Å². The zero-order chi connectivity index (χ0) is 26.5. The van der Waals surface area contributed by atoms with Crippen LogP contribution in [-0.4, -0.2) is 58.6 Å². The van der Waals surface area contributed by atoms with Crippen molar-refractivity contribution >= 4 is 46.2 Å². The van der Waals surface area contributed by atoms with Crippen molar-refractivity contribution in [2.45, 2.75) is 57.2 Å². The summed E-state index contributed by atoms with van der Waals surface area (Å²) in [6.07, 6.45) is 5.42. The van der Waals surface area contributed by atoms with Crippen LogP contribution in [0.1, 0.15) is 49.7 Å². The second-order valence-corrected chi connectivity index (χ2v) is 10.5. The maximum absolute atomic E-state index is 13.4. The fourth-order valence-corrected chi connectivity index (χ4v) is 5.78. The van der Waals surface area contributed by atoms with E-state index in [1.165, 1.54) is 23.1 Å². The summed E-state index contributed by atoms with van der Waals surface area (Å²) in [7, 11) is 1.58. The Hall–Kier alpha value is -3.66. The maximum Gasteiger partial charge on any atom is 0.259 e. The molecule has 0 saturated heterocycles. The van der Waals surface area contributed by atoms with E-state index in [4.69, 9.17) is 4.74 Å². The van der Waals surface area contributed by atoms with E-state index >= 15 is 0 Å². The fraction of sp³-hybridized carbons (Fsp3) is 0.393. The second-order valence-electron chi connectivity index (χ2n) is 9.54. The van der Waals surface area contributed by atoms with Gasteiger partial charge in [-0.2, -0.15) is 0 Å². The summed E-state index contributed by atoms with van der Waals surface area (Å²) < 4.78 is 5.34. The number of rotatable bonds is 8. The number of hydrogen-bond donors (Lipinski definition) is 2. The summed E-state index contributed by atoms with van der Waals surface area (Å²) >= 11 is 1.22. The van der Waals surface area contributed by atoms with Crippen molar-refractivity contribution in [2.24, 2.45) is 9.98 Å². The topological polar surface area (TPSA) is 112 Å². The van der Waals surface area contributed by atoms with Crippen LogP contribution in [0.15, 0.2) is 58.5 Å². The molecule has 38 heavy (non-hydrogen) atoms. The number of carbonyl (C=O) groups excluding carboxylic acids is 3. The Morgan fingerprint density at radius 2 is 1.82 bits per heavy atom. The number of ether oxygens (including phenoxy) is 1. The van der Waals surface area contributed by atoms with Crippen LogP contribution >= 0.6 is 11.8 Å². The summed E-state index contributed by atoms with van der Waals surface area (Å²) in [4.78, 5) is 49.6. The van der Waals surface area contributed by atoms with Gasteiger partial charge in [-0.1, -0.05) is 61.4 Å². The Kier molecular flexibility index (Phi) is 8.07. The van der Waals surface area contributed by atoms with Crippen LogP contribution in [0, 0.1) is 0 Å². The van der Waals surface area contributed by atoms with Gasteiger partial charge in [0.2, 0.25) is 11.8 Å². The molecule has 0 unspecified atom stereocenters. The number of benzene rings is 2. The number of amides is 3. The van der Waals surface area contributed by atoms with Gasteiger partial charge < -0.3 is 15.4 Å². The Bertz CT molecular complexity index is 1290. The molecule has 0 spiro atoms. The summed E-state index contributed by atoms with van der Waals surface area (Å²) in [5.74, 6) is 0.632. The van der Waals surface area contributed by atoms with E-state index < -0.39 is 6.04 Å². The van der Waals surface area contributed by atoms with E-state index in [1.807, 2.05) is 48.5 Å². The van der Waals surface area contributed by atoms with Gasteiger partial charge in [-0.25, -0.2) is 9.89 Å². The third-order valence-corrected chi connectivity index (χ3v) is 7.84. The van der Waals surface area contributed by atoms with Gasteiger partial charge in [0.05, 0.1) is 25.0 Å².